The number of nitrogens with zero attached hydrogens (tertiary/aromatic N) is 13. The maximum atomic E-state index is 5.34. The van der Waals surface area contributed by atoms with Gasteiger partial charge >= 0.3 is 0 Å². The number of hydrogen-bond donors (Lipinski definition) is 9. The minimum atomic E-state index is 0.466. The summed E-state index contributed by atoms with van der Waals surface area (Å²) in [6, 6.07) is 15.5. The van der Waals surface area contributed by atoms with Crippen molar-refractivity contribution >= 4 is 6.21 Å². The molecule has 0 atom stereocenters. The van der Waals surface area contributed by atoms with Crippen molar-refractivity contribution in [3.05, 3.63) is 217 Å². The molecule has 9 rings (SSSR count). The SMILES string of the molecule is Cc1cnc(CCN)cn1.Cc1cnc(CN)cn1.NCCC1=CCC=N1.NCCCn1ccnc1.NCCc1cccnc1.NCCc1ccncc1.NCc1cccnc1.NCc1ccncc1.NCn1ccnc1. The van der Waals surface area contributed by atoms with Gasteiger partial charge in [-0.2, -0.15) is 0 Å². The van der Waals surface area contributed by atoms with Crippen LogP contribution in [0.1, 0.15) is 64.3 Å². The van der Waals surface area contributed by atoms with Crippen LogP contribution in [0.4, 0.5) is 0 Å². The fraction of sp³-hybridized carbons (Fsp3) is 0.327. The first-order valence-electron chi connectivity index (χ1n) is 25.2. The fourth-order valence-electron chi connectivity index (χ4n) is 5.50. The Balaban J connectivity index is 0.000000434. The van der Waals surface area contributed by atoms with Crippen LogP contribution in [0.3, 0.4) is 0 Å². The molecule has 0 fully saturated rings. The molecule has 8 aromatic heterocycles. The predicted octanol–water partition coefficient (Wildman–Crippen LogP) is 3.50. The lowest BCUT2D eigenvalue weighted by molar-refractivity contribution is 0.650. The van der Waals surface area contributed by atoms with Gasteiger partial charge in [0.2, 0.25) is 0 Å². The van der Waals surface area contributed by atoms with Gasteiger partial charge in [-0.25, -0.2) is 9.97 Å². The van der Waals surface area contributed by atoms with Gasteiger partial charge in [0.05, 0.1) is 42.1 Å². The summed E-state index contributed by atoms with van der Waals surface area (Å²) in [6.07, 6.45) is 41.4. The van der Waals surface area contributed by atoms with Gasteiger partial charge < -0.3 is 60.7 Å². The summed E-state index contributed by atoms with van der Waals surface area (Å²) in [5.41, 5.74) is 57.2. The van der Waals surface area contributed by atoms with Crippen molar-refractivity contribution in [1.29, 1.82) is 0 Å². The van der Waals surface area contributed by atoms with Crippen molar-refractivity contribution in [2.45, 2.75) is 85.2 Å². The largest absolute Gasteiger partial charge is 0.337 e. The summed E-state index contributed by atoms with van der Waals surface area (Å²) in [5.74, 6) is 0. The average molecular weight is 1050 g/mol. The highest BCUT2D eigenvalue weighted by molar-refractivity contribution is 5.64. The monoisotopic (exact) mass is 1050 g/mol. The Kier molecular flexibility index (Phi) is 41.8. The van der Waals surface area contributed by atoms with E-state index in [4.69, 9.17) is 51.6 Å². The van der Waals surface area contributed by atoms with Crippen LogP contribution >= 0.6 is 0 Å². The second-order valence-electron chi connectivity index (χ2n) is 15.9. The lowest BCUT2D eigenvalue weighted by Crippen LogP contribution is -2.04. The van der Waals surface area contributed by atoms with Crippen molar-refractivity contribution < 1.29 is 0 Å². The molecule has 77 heavy (non-hydrogen) atoms. The van der Waals surface area contributed by atoms with E-state index in [0.29, 0.717) is 52.5 Å². The van der Waals surface area contributed by atoms with Gasteiger partial charge in [-0.05, 0) is 124 Å². The standard InChI is InChI=1S/C7H11N3.2C7H10N2.C6H9N3.C6H11N3.C6H8N2.C6H10N2.C6H8N2.C4H7N3/c1-6-4-10-7(2-3-8)5-9-6;8-4-1-7-2-5-9-6-3-7;8-4-3-7-2-1-5-9-6-7;1-5-3-9-6(2-7)4-8-5;7-2-1-4-9-5-3-8-6-9;7-5-6-1-3-8-4-2-6;7-4-3-6-2-1-5-8-6;7-4-6-2-1-3-8-5-6;5-3-7-2-1-6-4-7/h4-5H,2-3,8H2,1H3;2-3,5-6H,1,4,8H2;1-2,5-6H,3-4,8H2;3-4H,2,7H2,1H3;3,5-6H,1-2,4,7H2;1-4H,5,7H2;2,5H,1,3-4,7H2;1-3,5H,4,7H2;1-2,4H,3,5H2. The molecule has 0 radical (unpaired) electrons. The number of aliphatic imine (C=N–C) groups is 1. The van der Waals surface area contributed by atoms with Gasteiger partial charge in [-0.15, -0.1) is 0 Å². The molecule has 9 heterocycles. The minimum absolute atomic E-state index is 0.466. The average Bonchev–Trinajstić information content (AvgIpc) is 4.33. The molecule has 0 bridgehead atoms. The molecular formula is C55H84N22. The Bertz CT molecular complexity index is 2440. The first-order chi connectivity index (χ1) is 37.7. The zero-order valence-corrected chi connectivity index (χ0v) is 45.0. The summed E-state index contributed by atoms with van der Waals surface area (Å²) in [7, 11) is 0. The summed E-state index contributed by atoms with van der Waals surface area (Å²) in [6.45, 7) is 10.5. The number of pyridine rings is 4. The van der Waals surface area contributed by atoms with Crippen LogP contribution in [0.25, 0.3) is 0 Å². The second-order valence-corrected chi connectivity index (χ2v) is 15.9. The molecule has 0 amide bonds. The van der Waals surface area contributed by atoms with Gasteiger partial charge in [0.15, 0.2) is 0 Å². The van der Waals surface area contributed by atoms with Gasteiger partial charge in [-0.3, -0.25) is 44.9 Å². The van der Waals surface area contributed by atoms with Crippen molar-refractivity contribution in [3.63, 3.8) is 0 Å². The van der Waals surface area contributed by atoms with E-state index in [2.05, 4.69) is 60.9 Å². The molecular weight excluding hydrogens is 969 g/mol. The normalized spacial score (nSPS) is 10.2. The third-order valence-electron chi connectivity index (χ3n) is 9.63. The third kappa shape index (κ3) is 37.6. The van der Waals surface area contributed by atoms with Crippen molar-refractivity contribution in [2.24, 2.45) is 56.6 Å². The summed E-state index contributed by atoms with van der Waals surface area (Å²) >= 11 is 0. The number of hydrogen-bond acceptors (Lipinski definition) is 20. The molecule has 1 aliphatic rings. The van der Waals surface area contributed by atoms with Crippen LogP contribution in [-0.2, 0) is 52.1 Å². The first-order valence-corrected chi connectivity index (χ1v) is 25.2. The molecule has 22 heteroatoms. The quantitative estimate of drug-likeness (QED) is 0.0709. The first kappa shape index (κ1) is 67.2. The highest BCUT2D eigenvalue weighted by Crippen LogP contribution is 2.07. The molecule has 0 aliphatic carbocycles. The topological polar surface area (TPSA) is 385 Å². The molecule has 8 aromatic rings. The molecule has 0 saturated heterocycles. The Morgan fingerprint density at radius 2 is 0.948 bits per heavy atom. The molecule has 0 unspecified atom stereocenters. The van der Waals surface area contributed by atoms with E-state index in [1.807, 2.05) is 91.8 Å². The summed E-state index contributed by atoms with van der Waals surface area (Å²) in [4.78, 5) is 43.5. The highest BCUT2D eigenvalue weighted by Gasteiger charge is 1.95. The third-order valence-corrected chi connectivity index (χ3v) is 9.63. The number of rotatable bonds is 15. The molecule has 18 N–H and O–H groups in total. The van der Waals surface area contributed by atoms with Crippen LogP contribution in [-0.4, -0.2) is 97.9 Å². The van der Waals surface area contributed by atoms with Crippen LogP contribution in [0.15, 0.2) is 177 Å². The molecule has 0 aromatic carbocycles. The van der Waals surface area contributed by atoms with Gasteiger partial charge in [0.1, 0.15) is 0 Å². The smallest absolute Gasteiger partial charge is 0.0956 e. The van der Waals surface area contributed by atoms with E-state index in [0.717, 1.165) is 91.2 Å². The van der Waals surface area contributed by atoms with Crippen LogP contribution in [0.5, 0.6) is 0 Å². The number of allylic oxidation sites excluding steroid dienone is 1. The van der Waals surface area contributed by atoms with Crippen LogP contribution in [0, 0.1) is 13.8 Å². The Morgan fingerprint density at radius 3 is 1.32 bits per heavy atom. The molecule has 0 saturated carbocycles. The molecule has 414 valence electrons. The van der Waals surface area contributed by atoms with E-state index >= 15 is 0 Å². The van der Waals surface area contributed by atoms with Crippen LogP contribution < -0.4 is 51.6 Å². The maximum Gasteiger partial charge on any atom is 0.0956 e. The molecule has 22 nitrogen and oxygen atoms in total. The van der Waals surface area contributed by atoms with Crippen molar-refractivity contribution in [2.75, 3.05) is 32.7 Å². The molecule has 1 aliphatic heterocycles. The van der Waals surface area contributed by atoms with E-state index in [1.165, 1.54) is 11.1 Å². The minimum Gasteiger partial charge on any atom is -0.337 e. The zero-order chi connectivity index (χ0) is 56.2. The number of nitrogens with two attached hydrogens (primary N) is 9. The maximum absolute atomic E-state index is 5.34. The number of aromatic nitrogens is 12. The van der Waals surface area contributed by atoms with Crippen molar-refractivity contribution in [1.82, 2.24) is 59.0 Å². The summed E-state index contributed by atoms with van der Waals surface area (Å²) < 4.78 is 3.81. The highest BCUT2D eigenvalue weighted by atomic mass is 15.1. The van der Waals surface area contributed by atoms with E-state index < -0.39 is 0 Å². The Hall–Kier alpha value is -7.77. The predicted molar refractivity (Wildman–Crippen MR) is 310 cm³/mol. The van der Waals surface area contributed by atoms with E-state index in [-0.39, 0.29) is 0 Å². The van der Waals surface area contributed by atoms with E-state index in [9.17, 15) is 0 Å². The lowest BCUT2D eigenvalue weighted by Gasteiger charge is -1.96. The van der Waals surface area contributed by atoms with E-state index in [1.54, 1.807) is 97.8 Å². The summed E-state index contributed by atoms with van der Waals surface area (Å²) in [5, 5.41) is 0. The second kappa shape index (κ2) is 47.9. The Labute approximate surface area is 455 Å². The number of imidazole rings is 2. The van der Waals surface area contributed by atoms with Gasteiger partial charge in [0.25, 0.3) is 0 Å². The van der Waals surface area contributed by atoms with Gasteiger partial charge in [0, 0.05) is 157 Å². The van der Waals surface area contributed by atoms with Crippen molar-refractivity contribution in [3.8, 4) is 0 Å². The fourth-order valence-corrected chi connectivity index (χ4v) is 5.50. The number of aryl methyl sites for hydroxylation is 3. The zero-order valence-electron chi connectivity index (χ0n) is 45.0. The Morgan fingerprint density at radius 1 is 0.429 bits per heavy atom. The van der Waals surface area contributed by atoms with Crippen LogP contribution in [0.2, 0.25) is 0 Å². The molecule has 0 spiro atoms. The van der Waals surface area contributed by atoms with Gasteiger partial charge in [-0.1, -0.05) is 18.2 Å². The lowest BCUT2D eigenvalue weighted by atomic mass is 10.2.